The molecule has 1 aliphatic rings. The average Bonchev–Trinajstić information content (AvgIpc) is 3.49. The second-order valence-corrected chi connectivity index (χ2v) is 8.51. The predicted octanol–water partition coefficient (Wildman–Crippen LogP) is 5.40. The lowest BCUT2D eigenvalue weighted by molar-refractivity contribution is -0.145. The summed E-state index contributed by atoms with van der Waals surface area (Å²) in [7, 11) is 3.36. The van der Waals surface area contributed by atoms with Crippen molar-refractivity contribution in [3.8, 4) is 11.5 Å². The molecule has 2 heterocycles. The third-order valence-electron chi connectivity index (χ3n) is 5.68. The lowest BCUT2D eigenvalue weighted by Gasteiger charge is -2.14. The molecule has 1 aliphatic heterocycles. The van der Waals surface area contributed by atoms with E-state index in [9.17, 15) is 13.6 Å². The standard InChI is InChI=1S/C15H23NO2.C10H6ClF2NO2/c1-17-14-8-7-13(12-15(14)18-2)6-5-11-16-9-3-4-10-16;11-6-1-2-7-5(3-6)4-8(16-7)10(12,13)9(14)15/h7-8,12H,3-6,9-11H2,1-2H3;1-4H,(H2,14,15). The zero-order chi connectivity index (χ0) is 24.7. The molecule has 1 saturated heterocycles. The SMILES string of the molecule is COc1ccc(CCCN2CCCC2)cc1OC.NC(=O)C(F)(F)c1cc2cc(Cl)ccc2o1. The zero-order valence-electron chi connectivity index (χ0n) is 19.3. The van der Waals surface area contributed by atoms with Crippen LogP contribution in [0.4, 0.5) is 8.78 Å². The maximum atomic E-state index is 13.2. The minimum atomic E-state index is -3.81. The van der Waals surface area contributed by atoms with Crippen LogP contribution in [0.3, 0.4) is 0 Å². The summed E-state index contributed by atoms with van der Waals surface area (Å²) >= 11 is 5.68. The smallest absolute Gasteiger partial charge is 0.380 e. The van der Waals surface area contributed by atoms with Crippen LogP contribution in [-0.4, -0.2) is 44.7 Å². The van der Waals surface area contributed by atoms with E-state index >= 15 is 0 Å². The number of rotatable bonds is 8. The number of alkyl halides is 2. The first-order valence-electron chi connectivity index (χ1n) is 11.0. The van der Waals surface area contributed by atoms with Crippen LogP contribution < -0.4 is 15.2 Å². The van der Waals surface area contributed by atoms with E-state index in [0.717, 1.165) is 24.0 Å². The highest BCUT2D eigenvalue weighted by Gasteiger charge is 2.42. The van der Waals surface area contributed by atoms with Gasteiger partial charge >= 0.3 is 5.92 Å². The van der Waals surface area contributed by atoms with Crippen LogP contribution in [0.1, 0.15) is 30.6 Å². The van der Waals surface area contributed by atoms with E-state index in [-0.39, 0.29) is 5.58 Å². The minimum Gasteiger partial charge on any atom is -0.493 e. The normalized spacial score (nSPS) is 14.0. The van der Waals surface area contributed by atoms with Crippen molar-refractivity contribution in [1.29, 1.82) is 0 Å². The molecule has 1 aromatic heterocycles. The fraction of sp³-hybridized carbons (Fsp3) is 0.400. The van der Waals surface area contributed by atoms with Crippen molar-refractivity contribution >= 4 is 28.5 Å². The molecule has 2 aromatic carbocycles. The zero-order valence-corrected chi connectivity index (χ0v) is 20.0. The first-order chi connectivity index (χ1) is 16.2. The van der Waals surface area contributed by atoms with Crippen molar-refractivity contribution in [3.63, 3.8) is 0 Å². The molecule has 6 nitrogen and oxygen atoms in total. The van der Waals surface area contributed by atoms with Crippen molar-refractivity contribution in [2.24, 2.45) is 5.73 Å². The number of hydrogen-bond donors (Lipinski definition) is 1. The number of aryl methyl sites for hydroxylation is 1. The Kier molecular flexibility index (Phi) is 8.74. The van der Waals surface area contributed by atoms with Gasteiger partial charge in [-0.3, -0.25) is 4.79 Å². The molecule has 0 bridgehead atoms. The van der Waals surface area contributed by atoms with Gasteiger partial charge in [0.25, 0.3) is 5.91 Å². The molecule has 9 heteroatoms. The van der Waals surface area contributed by atoms with Crippen LogP contribution >= 0.6 is 11.6 Å². The number of methoxy groups -OCH3 is 2. The number of nitrogens with two attached hydrogens (primary N) is 1. The van der Waals surface area contributed by atoms with Gasteiger partial charge in [0.1, 0.15) is 5.58 Å². The Labute approximate surface area is 202 Å². The number of hydrogen-bond acceptors (Lipinski definition) is 5. The van der Waals surface area contributed by atoms with Gasteiger partial charge in [-0.2, -0.15) is 8.78 Å². The summed E-state index contributed by atoms with van der Waals surface area (Å²) in [5, 5.41) is 0.783. The van der Waals surface area contributed by atoms with Crippen molar-refractivity contribution in [1.82, 2.24) is 4.90 Å². The number of amides is 1. The topological polar surface area (TPSA) is 77.9 Å². The van der Waals surface area contributed by atoms with Crippen LogP contribution in [0.2, 0.25) is 5.02 Å². The number of carbonyl (C=O) groups excluding carboxylic acids is 1. The number of ether oxygens (including phenoxy) is 2. The Morgan fingerprint density at radius 3 is 2.44 bits per heavy atom. The van der Waals surface area contributed by atoms with Crippen LogP contribution in [0.25, 0.3) is 11.0 Å². The summed E-state index contributed by atoms with van der Waals surface area (Å²) < 4.78 is 41.8. The predicted molar refractivity (Wildman–Crippen MR) is 128 cm³/mol. The van der Waals surface area contributed by atoms with Gasteiger partial charge < -0.3 is 24.5 Å². The van der Waals surface area contributed by atoms with Crippen molar-refractivity contribution in [2.75, 3.05) is 33.9 Å². The van der Waals surface area contributed by atoms with E-state index in [1.807, 2.05) is 6.07 Å². The Bertz CT molecular complexity index is 1110. The molecule has 0 saturated carbocycles. The molecular formula is C25H29ClF2N2O4. The number of carbonyl (C=O) groups is 1. The lowest BCUT2D eigenvalue weighted by Crippen LogP contribution is -2.32. The average molecular weight is 495 g/mol. The molecule has 0 spiro atoms. The quantitative estimate of drug-likeness (QED) is 0.454. The first-order valence-corrected chi connectivity index (χ1v) is 11.4. The summed E-state index contributed by atoms with van der Waals surface area (Å²) in [4.78, 5) is 13.1. The van der Waals surface area contributed by atoms with E-state index in [0.29, 0.717) is 10.4 Å². The molecule has 184 valence electrons. The van der Waals surface area contributed by atoms with Crippen LogP contribution in [0.15, 0.2) is 46.9 Å². The van der Waals surface area contributed by atoms with Gasteiger partial charge in [0.15, 0.2) is 17.3 Å². The lowest BCUT2D eigenvalue weighted by atomic mass is 10.1. The summed E-state index contributed by atoms with van der Waals surface area (Å²) in [6.45, 7) is 3.78. The highest BCUT2D eigenvalue weighted by Crippen LogP contribution is 2.33. The Balaban J connectivity index is 0.000000192. The number of likely N-dealkylation sites (tertiary alicyclic amines) is 1. The Morgan fingerprint density at radius 2 is 1.79 bits per heavy atom. The van der Waals surface area contributed by atoms with E-state index in [4.69, 9.17) is 25.5 Å². The van der Waals surface area contributed by atoms with Gasteiger partial charge in [-0.15, -0.1) is 0 Å². The largest absolute Gasteiger partial charge is 0.493 e. The fourth-order valence-corrected chi connectivity index (χ4v) is 4.02. The van der Waals surface area contributed by atoms with E-state index < -0.39 is 17.6 Å². The summed E-state index contributed by atoms with van der Waals surface area (Å²) in [6, 6.07) is 11.7. The second kappa shape index (κ2) is 11.5. The monoisotopic (exact) mass is 494 g/mol. The van der Waals surface area contributed by atoms with Crippen molar-refractivity contribution < 1.29 is 27.5 Å². The molecule has 0 radical (unpaired) electrons. The van der Waals surface area contributed by atoms with Crippen molar-refractivity contribution in [2.45, 2.75) is 31.6 Å². The number of nitrogens with zero attached hydrogens (tertiary/aromatic N) is 1. The van der Waals surface area contributed by atoms with E-state index in [1.165, 1.54) is 62.7 Å². The first kappa shape index (κ1) is 25.8. The summed E-state index contributed by atoms with van der Waals surface area (Å²) in [5.41, 5.74) is 6.13. The number of fused-ring (bicyclic) bond motifs is 1. The molecule has 2 N–H and O–H groups in total. The molecule has 34 heavy (non-hydrogen) atoms. The third kappa shape index (κ3) is 6.39. The van der Waals surface area contributed by atoms with Gasteiger partial charge in [-0.05, 0) is 87.3 Å². The number of halogens is 3. The number of furan rings is 1. The summed E-state index contributed by atoms with van der Waals surface area (Å²) in [6.07, 6.45) is 5.07. The van der Waals surface area contributed by atoms with Gasteiger partial charge in [-0.1, -0.05) is 17.7 Å². The third-order valence-corrected chi connectivity index (χ3v) is 5.92. The number of primary amides is 1. The molecular weight excluding hydrogens is 466 g/mol. The molecule has 1 fully saturated rings. The maximum Gasteiger partial charge on any atom is 0.380 e. The van der Waals surface area contributed by atoms with Crippen LogP contribution in [0, 0.1) is 0 Å². The molecule has 1 amide bonds. The van der Waals surface area contributed by atoms with Gasteiger partial charge in [0.05, 0.1) is 14.2 Å². The fourth-order valence-electron chi connectivity index (χ4n) is 3.84. The van der Waals surface area contributed by atoms with Crippen LogP contribution in [0.5, 0.6) is 11.5 Å². The van der Waals surface area contributed by atoms with E-state index in [2.05, 4.69) is 22.8 Å². The Morgan fingerprint density at radius 1 is 1.09 bits per heavy atom. The van der Waals surface area contributed by atoms with E-state index in [1.54, 1.807) is 14.2 Å². The highest BCUT2D eigenvalue weighted by atomic mass is 35.5. The molecule has 3 aromatic rings. The highest BCUT2D eigenvalue weighted by molar-refractivity contribution is 6.31. The molecule has 0 aliphatic carbocycles. The number of benzene rings is 2. The van der Waals surface area contributed by atoms with Gasteiger partial charge in [0, 0.05) is 10.4 Å². The molecule has 0 unspecified atom stereocenters. The molecule has 4 rings (SSSR count). The maximum absolute atomic E-state index is 13.2. The summed E-state index contributed by atoms with van der Waals surface area (Å²) in [5.74, 6) is -4.71. The van der Waals surface area contributed by atoms with Crippen molar-refractivity contribution in [3.05, 3.63) is 58.8 Å². The van der Waals surface area contributed by atoms with Gasteiger partial charge in [-0.25, -0.2) is 0 Å². The van der Waals surface area contributed by atoms with Gasteiger partial charge in [0.2, 0.25) is 0 Å². The second-order valence-electron chi connectivity index (χ2n) is 8.07. The van der Waals surface area contributed by atoms with Crippen LogP contribution in [-0.2, 0) is 17.1 Å². The Hall–Kier alpha value is -2.84. The molecule has 0 atom stereocenters. The minimum absolute atomic E-state index is 0.223.